The number of ether oxygens (including phenoxy) is 2. The minimum absolute atomic E-state index is 0.00267. The molecular weight excluding hydrogens is 366 g/mol. The van der Waals surface area contributed by atoms with Gasteiger partial charge in [-0.1, -0.05) is 18.2 Å². The zero-order chi connectivity index (χ0) is 20.4. The molecule has 0 atom stereocenters. The SMILES string of the molecule is CCN(Cc1cccc2c1OCCO2)C(=O)c1cc(C)n(-c2ccccn2)c1C. The summed E-state index contributed by atoms with van der Waals surface area (Å²) >= 11 is 0. The number of benzene rings is 1. The maximum absolute atomic E-state index is 13.4. The highest BCUT2D eigenvalue weighted by molar-refractivity contribution is 5.96. The van der Waals surface area contributed by atoms with Gasteiger partial charge in [0, 0.05) is 36.2 Å². The van der Waals surface area contributed by atoms with Gasteiger partial charge in [0.15, 0.2) is 11.5 Å². The van der Waals surface area contributed by atoms with Crippen LogP contribution in [0.1, 0.15) is 34.2 Å². The van der Waals surface area contributed by atoms with Crippen LogP contribution >= 0.6 is 0 Å². The summed E-state index contributed by atoms with van der Waals surface area (Å²) < 4.78 is 13.5. The van der Waals surface area contributed by atoms with E-state index in [4.69, 9.17) is 9.47 Å². The lowest BCUT2D eigenvalue weighted by Gasteiger charge is -2.25. The highest BCUT2D eigenvalue weighted by Gasteiger charge is 2.24. The highest BCUT2D eigenvalue weighted by atomic mass is 16.6. The second kappa shape index (κ2) is 7.99. The summed E-state index contributed by atoms with van der Waals surface area (Å²) in [6, 6.07) is 13.5. The van der Waals surface area contributed by atoms with Crippen molar-refractivity contribution in [1.82, 2.24) is 14.5 Å². The van der Waals surface area contributed by atoms with E-state index in [9.17, 15) is 4.79 Å². The zero-order valence-corrected chi connectivity index (χ0v) is 17.0. The van der Waals surface area contributed by atoms with Gasteiger partial charge < -0.3 is 18.9 Å². The minimum atomic E-state index is -0.00267. The molecule has 150 valence electrons. The van der Waals surface area contributed by atoms with Crippen LogP contribution in [0.4, 0.5) is 0 Å². The smallest absolute Gasteiger partial charge is 0.255 e. The van der Waals surface area contributed by atoms with E-state index in [-0.39, 0.29) is 5.91 Å². The fourth-order valence-electron chi connectivity index (χ4n) is 3.78. The number of pyridine rings is 1. The lowest BCUT2D eigenvalue weighted by molar-refractivity contribution is 0.0748. The van der Waals surface area contributed by atoms with Gasteiger partial charge in [-0.3, -0.25) is 4.79 Å². The van der Waals surface area contributed by atoms with E-state index < -0.39 is 0 Å². The van der Waals surface area contributed by atoms with E-state index in [1.165, 1.54) is 0 Å². The molecule has 0 aliphatic carbocycles. The molecule has 4 rings (SSSR count). The largest absolute Gasteiger partial charge is 0.486 e. The molecule has 6 nitrogen and oxygen atoms in total. The molecule has 1 aliphatic heterocycles. The van der Waals surface area contributed by atoms with Gasteiger partial charge in [-0.05, 0) is 45.0 Å². The Morgan fingerprint density at radius 2 is 1.97 bits per heavy atom. The summed E-state index contributed by atoms with van der Waals surface area (Å²) in [5.74, 6) is 2.29. The number of carbonyl (C=O) groups excluding carboxylic acids is 1. The number of hydrogen-bond donors (Lipinski definition) is 0. The van der Waals surface area contributed by atoms with Gasteiger partial charge in [0.1, 0.15) is 19.0 Å². The van der Waals surface area contributed by atoms with Crippen LogP contribution in [0.25, 0.3) is 5.82 Å². The van der Waals surface area contributed by atoms with Crippen molar-refractivity contribution in [3.63, 3.8) is 0 Å². The van der Waals surface area contributed by atoms with Gasteiger partial charge >= 0.3 is 0 Å². The summed E-state index contributed by atoms with van der Waals surface area (Å²) in [5.41, 5.74) is 3.52. The lowest BCUT2D eigenvalue weighted by Crippen LogP contribution is -2.31. The summed E-state index contributed by atoms with van der Waals surface area (Å²) in [4.78, 5) is 19.6. The quantitative estimate of drug-likeness (QED) is 0.661. The molecule has 0 radical (unpaired) electrons. The third kappa shape index (κ3) is 3.58. The Morgan fingerprint density at radius 1 is 1.14 bits per heavy atom. The second-order valence-electron chi connectivity index (χ2n) is 7.07. The lowest BCUT2D eigenvalue weighted by atomic mass is 10.1. The Morgan fingerprint density at radius 3 is 2.72 bits per heavy atom. The standard InChI is InChI=1S/C23H25N3O3/c1-4-25(15-18-8-7-9-20-22(18)29-13-12-28-20)23(27)19-14-16(2)26(17(19)3)21-10-5-6-11-24-21/h5-11,14H,4,12-13,15H2,1-3H3. The van der Waals surface area contributed by atoms with E-state index in [0.717, 1.165) is 34.3 Å². The van der Waals surface area contributed by atoms with Crippen molar-refractivity contribution in [2.75, 3.05) is 19.8 Å². The first-order chi connectivity index (χ1) is 14.1. The topological polar surface area (TPSA) is 56.6 Å². The Hall–Kier alpha value is -3.28. The monoisotopic (exact) mass is 391 g/mol. The van der Waals surface area contributed by atoms with Crippen LogP contribution in [0.15, 0.2) is 48.7 Å². The van der Waals surface area contributed by atoms with Crippen LogP contribution in [-0.2, 0) is 6.54 Å². The van der Waals surface area contributed by atoms with E-state index in [1.54, 1.807) is 6.20 Å². The van der Waals surface area contributed by atoms with Crippen LogP contribution < -0.4 is 9.47 Å². The van der Waals surface area contributed by atoms with Crippen molar-refractivity contribution in [2.24, 2.45) is 0 Å². The first-order valence-corrected chi connectivity index (χ1v) is 9.87. The van der Waals surface area contributed by atoms with Gasteiger partial charge in [0.2, 0.25) is 0 Å². The molecular formula is C23H25N3O3. The maximum atomic E-state index is 13.4. The molecule has 1 amide bonds. The number of fused-ring (bicyclic) bond motifs is 1. The fourth-order valence-corrected chi connectivity index (χ4v) is 3.78. The van der Waals surface area contributed by atoms with Crippen molar-refractivity contribution < 1.29 is 14.3 Å². The molecule has 0 bridgehead atoms. The number of rotatable bonds is 5. The van der Waals surface area contributed by atoms with Crippen molar-refractivity contribution >= 4 is 5.91 Å². The third-order valence-electron chi connectivity index (χ3n) is 5.22. The van der Waals surface area contributed by atoms with Gasteiger partial charge in [0.05, 0.1) is 5.56 Å². The van der Waals surface area contributed by atoms with Crippen LogP contribution in [0, 0.1) is 13.8 Å². The number of nitrogens with zero attached hydrogens (tertiary/aromatic N) is 3. The fraction of sp³-hybridized carbons (Fsp3) is 0.304. The number of hydrogen-bond acceptors (Lipinski definition) is 4. The first-order valence-electron chi connectivity index (χ1n) is 9.87. The van der Waals surface area contributed by atoms with E-state index in [1.807, 2.05) is 72.7 Å². The Bertz CT molecular complexity index is 1030. The number of amides is 1. The normalized spacial score (nSPS) is 12.7. The molecule has 1 aromatic carbocycles. The third-order valence-corrected chi connectivity index (χ3v) is 5.22. The Labute approximate surface area is 170 Å². The maximum Gasteiger partial charge on any atom is 0.255 e. The van der Waals surface area contributed by atoms with Gasteiger partial charge in [-0.15, -0.1) is 0 Å². The molecule has 2 aromatic heterocycles. The Balaban J connectivity index is 1.64. The van der Waals surface area contributed by atoms with Gasteiger partial charge in [-0.25, -0.2) is 4.98 Å². The molecule has 0 saturated carbocycles. The molecule has 3 heterocycles. The molecule has 6 heteroatoms. The molecule has 0 fully saturated rings. The zero-order valence-electron chi connectivity index (χ0n) is 17.0. The number of aromatic nitrogens is 2. The van der Waals surface area contributed by atoms with Crippen LogP contribution in [-0.4, -0.2) is 40.1 Å². The molecule has 1 aliphatic rings. The van der Waals surface area contributed by atoms with Gasteiger partial charge in [0.25, 0.3) is 5.91 Å². The molecule has 0 unspecified atom stereocenters. The summed E-state index contributed by atoms with van der Waals surface area (Å²) in [6.07, 6.45) is 1.76. The average molecular weight is 391 g/mol. The summed E-state index contributed by atoms with van der Waals surface area (Å²) in [6.45, 7) is 8.08. The van der Waals surface area contributed by atoms with Crippen LogP contribution in [0.3, 0.4) is 0 Å². The van der Waals surface area contributed by atoms with E-state index >= 15 is 0 Å². The highest BCUT2D eigenvalue weighted by Crippen LogP contribution is 2.34. The number of aryl methyl sites for hydroxylation is 1. The minimum Gasteiger partial charge on any atom is -0.486 e. The van der Waals surface area contributed by atoms with Crippen molar-refractivity contribution in [3.05, 3.63) is 71.2 Å². The summed E-state index contributed by atoms with van der Waals surface area (Å²) in [5, 5.41) is 0. The van der Waals surface area contributed by atoms with Crippen molar-refractivity contribution in [3.8, 4) is 17.3 Å². The van der Waals surface area contributed by atoms with E-state index in [0.29, 0.717) is 31.9 Å². The molecule has 3 aromatic rings. The molecule has 29 heavy (non-hydrogen) atoms. The van der Waals surface area contributed by atoms with E-state index in [2.05, 4.69) is 4.98 Å². The molecule has 0 spiro atoms. The van der Waals surface area contributed by atoms with Crippen LogP contribution in [0.2, 0.25) is 0 Å². The van der Waals surface area contributed by atoms with Crippen LogP contribution in [0.5, 0.6) is 11.5 Å². The van der Waals surface area contributed by atoms with Gasteiger partial charge in [-0.2, -0.15) is 0 Å². The molecule has 0 N–H and O–H groups in total. The molecule has 0 saturated heterocycles. The van der Waals surface area contributed by atoms with Crippen molar-refractivity contribution in [1.29, 1.82) is 0 Å². The first kappa shape index (κ1) is 19.1. The predicted octanol–water partition coefficient (Wildman–Crippen LogP) is 3.92. The second-order valence-corrected chi connectivity index (χ2v) is 7.07. The summed E-state index contributed by atoms with van der Waals surface area (Å²) in [7, 11) is 0. The number of carbonyl (C=O) groups is 1. The Kier molecular flexibility index (Phi) is 5.25. The number of para-hydroxylation sites is 1. The predicted molar refractivity (Wildman–Crippen MR) is 111 cm³/mol. The van der Waals surface area contributed by atoms with Crippen molar-refractivity contribution in [2.45, 2.75) is 27.3 Å². The average Bonchev–Trinajstić information content (AvgIpc) is 3.06.